The quantitative estimate of drug-likeness (QED) is 0.0430. The smallest absolute Gasteiger partial charge is 0.243 e. The van der Waals surface area contributed by atoms with E-state index in [0.29, 0.717) is 54.5 Å². The fourth-order valence-corrected chi connectivity index (χ4v) is 11.5. The molecule has 13 nitrogen and oxygen atoms in total. The summed E-state index contributed by atoms with van der Waals surface area (Å²) in [6.45, 7) is 6.14. The van der Waals surface area contributed by atoms with Gasteiger partial charge in [-0.2, -0.15) is 4.31 Å². The van der Waals surface area contributed by atoms with Crippen molar-refractivity contribution in [1.82, 2.24) is 4.31 Å². The van der Waals surface area contributed by atoms with Gasteiger partial charge in [0.2, 0.25) is 28.0 Å². The van der Waals surface area contributed by atoms with Crippen LogP contribution < -0.4 is 14.8 Å². The van der Waals surface area contributed by atoms with Crippen molar-refractivity contribution in [2.24, 2.45) is 22.9 Å². The number of amides is 1. The molecule has 3 aromatic rings. The second kappa shape index (κ2) is 21.2. The number of unbranched alkanes of at least 4 members (excludes halogenated alkanes) is 2. The fourth-order valence-electron chi connectivity index (χ4n) is 9.71. The topological polar surface area (TPSA) is 165 Å². The number of sulfonamides is 1. The minimum absolute atomic E-state index is 0.0136. The van der Waals surface area contributed by atoms with Crippen LogP contribution >= 0.6 is 11.8 Å². The maximum absolute atomic E-state index is 14.9. The van der Waals surface area contributed by atoms with Crippen LogP contribution in [0.4, 0.5) is 5.69 Å². The molecular formula is C48H61N3O10S2. The first kappa shape index (κ1) is 46.8. The Kier molecular flexibility index (Phi) is 15.7. The molecule has 1 saturated carbocycles. The number of ether oxygens (including phenoxy) is 4. The van der Waals surface area contributed by atoms with Crippen LogP contribution in [0.25, 0.3) is 0 Å². The van der Waals surface area contributed by atoms with Gasteiger partial charge < -0.3 is 39.3 Å². The van der Waals surface area contributed by atoms with E-state index in [1.807, 2.05) is 48.7 Å². The zero-order valence-corrected chi connectivity index (χ0v) is 38.1. The minimum Gasteiger partial charge on any atom is -0.460 e. The zero-order valence-electron chi connectivity index (χ0n) is 36.4. The van der Waals surface area contributed by atoms with E-state index in [1.165, 1.54) is 23.4 Å². The van der Waals surface area contributed by atoms with Gasteiger partial charge in [-0.15, -0.1) is 18.3 Å². The summed E-state index contributed by atoms with van der Waals surface area (Å²) >= 11 is 1.65. The monoisotopic (exact) mass is 903 g/mol. The van der Waals surface area contributed by atoms with Crippen LogP contribution in [0.1, 0.15) is 82.6 Å². The molecule has 0 spiro atoms. The third-order valence-corrected chi connectivity index (χ3v) is 15.3. The molecule has 0 radical (unpaired) electrons. The average Bonchev–Trinajstić information content (AvgIpc) is 3.29. The van der Waals surface area contributed by atoms with E-state index >= 15 is 0 Å². The van der Waals surface area contributed by atoms with E-state index in [2.05, 4.69) is 18.0 Å². The number of carbonyl (C=O) groups excluding carboxylic acids is 1. The first-order chi connectivity index (χ1) is 30.5. The van der Waals surface area contributed by atoms with Crippen LogP contribution in [0.3, 0.4) is 0 Å². The molecule has 7 atom stereocenters. The van der Waals surface area contributed by atoms with Crippen LogP contribution in [0.2, 0.25) is 0 Å². The van der Waals surface area contributed by atoms with E-state index in [0.717, 1.165) is 54.6 Å². The molecule has 0 aromatic heterocycles. The lowest BCUT2D eigenvalue weighted by Gasteiger charge is -2.59. The number of likely N-dealkylation sites (N-methyl/N-ethyl adjacent to an activating group) is 1. The second-order valence-corrected chi connectivity index (χ2v) is 19.6. The van der Waals surface area contributed by atoms with E-state index < -0.39 is 34.1 Å². The maximum atomic E-state index is 14.9. The number of oxime groups is 1. The highest BCUT2D eigenvalue weighted by molar-refractivity contribution is 7.98. The molecule has 2 aliphatic carbocycles. The Balaban J connectivity index is 1.42. The van der Waals surface area contributed by atoms with Gasteiger partial charge in [0, 0.05) is 62.1 Å². The van der Waals surface area contributed by atoms with Crippen molar-refractivity contribution in [2.45, 2.75) is 105 Å². The molecule has 15 heteroatoms. The number of aliphatic hydroxyl groups is 2. The predicted molar refractivity (Wildman–Crippen MR) is 244 cm³/mol. The summed E-state index contributed by atoms with van der Waals surface area (Å²) in [6, 6.07) is 18.8. The summed E-state index contributed by atoms with van der Waals surface area (Å²) in [4.78, 5) is 19.1. The Hall–Kier alpha value is -4.22. The highest BCUT2D eigenvalue weighted by Crippen LogP contribution is 2.62. The lowest BCUT2D eigenvalue weighted by Crippen LogP contribution is -2.69. The number of benzene rings is 3. The number of nitrogens with one attached hydrogen (secondary N) is 1. The molecule has 1 unspecified atom stereocenters. The standard InChI is InChI=1S/C48H61N3O10S2/c1-5-27-58-48-44(51(3)63(55,56)38-22-15-34(16-23-38)49-32(2)54)31-42(50-61-45-14-8-11-28-57-45)40-29-33(12-6-9-25-52)39(13-7-10-26-53)46(47(40)48)41-30-36(19-24-43(41)60-48)59-35-17-20-37(62-4)21-18-35/h5,15-24,29-30,33,39,44-47,52-53H,1,6-14,25-28,31H2,2-4H3,(H,49,54)/t33-,39+,44-,45?,46+,47+,48+/m0/s1. The number of aliphatic hydroxyl groups excluding tert-OH is 2. The van der Waals surface area contributed by atoms with Crippen molar-refractivity contribution >= 4 is 39.1 Å². The molecule has 340 valence electrons. The van der Waals surface area contributed by atoms with Crippen LogP contribution in [0.5, 0.6) is 17.2 Å². The van der Waals surface area contributed by atoms with Crippen LogP contribution in [0.15, 0.2) is 106 Å². The summed E-state index contributed by atoms with van der Waals surface area (Å²) in [7, 11) is -2.69. The Morgan fingerprint density at radius 1 is 1.02 bits per heavy atom. The highest BCUT2D eigenvalue weighted by atomic mass is 32.2. The maximum Gasteiger partial charge on any atom is 0.243 e. The molecule has 2 heterocycles. The van der Waals surface area contributed by atoms with E-state index in [9.17, 15) is 23.4 Å². The van der Waals surface area contributed by atoms with Crippen molar-refractivity contribution in [3.63, 3.8) is 0 Å². The fraction of sp³-hybridized carbons (Fsp3) is 0.500. The average molecular weight is 904 g/mol. The van der Waals surface area contributed by atoms with Gasteiger partial charge in [0.1, 0.15) is 17.2 Å². The molecule has 1 saturated heterocycles. The van der Waals surface area contributed by atoms with Gasteiger partial charge in [0.25, 0.3) is 0 Å². The molecule has 1 amide bonds. The first-order valence-electron chi connectivity index (χ1n) is 22.1. The van der Waals surface area contributed by atoms with E-state index in [-0.39, 0.29) is 54.8 Å². The summed E-state index contributed by atoms with van der Waals surface area (Å²) in [5.41, 5.74) is 2.81. The van der Waals surface area contributed by atoms with Crippen LogP contribution in [0, 0.1) is 17.8 Å². The van der Waals surface area contributed by atoms with Crippen molar-refractivity contribution in [2.75, 3.05) is 45.0 Å². The number of fused-ring (bicyclic) bond motifs is 2. The number of thioether (sulfide) groups is 1. The third-order valence-electron chi connectivity index (χ3n) is 12.6. The predicted octanol–water partition coefficient (Wildman–Crippen LogP) is 8.64. The number of rotatable bonds is 20. The van der Waals surface area contributed by atoms with Crippen molar-refractivity contribution < 1.29 is 47.2 Å². The minimum atomic E-state index is -4.24. The molecule has 7 rings (SSSR count). The number of carbonyl (C=O) groups is 1. The molecule has 2 fully saturated rings. The van der Waals surface area contributed by atoms with Crippen molar-refractivity contribution in [3.05, 3.63) is 96.6 Å². The lowest BCUT2D eigenvalue weighted by molar-refractivity contribution is -0.250. The molecule has 3 aromatic carbocycles. The molecule has 4 aliphatic rings. The van der Waals surface area contributed by atoms with Gasteiger partial charge in [-0.3, -0.25) is 4.79 Å². The van der Waals surface area contributed by atoms with Gasteiger partial charge in [-0.25, -0.2) is 8.42 Å². The molecular weight excluding hydrogens is 843 g/mol. The van der Waals surface area contributed by atoms with Gasteiger partial charge >= 0.3 is 0 Å². The zero-order chi connectivity index (χ0) is 44.6. The summed E-state index contributed by atoms with van der Waals surface area (Å²) in [5, 5.41) is 27.5. The molecule has 63 heavy (non-hydrogen) atoms. The summed E-state index contributed by atoms with van der Waals surface area (Å²) in [6.07, 6.45) is 12.4. The lowest BCUT2D eigenvalue weighted by atomic mass is 9.55. The van der Waals surface area contributed by atoms with Crippen LogP contribution in [-0.4, -0.2) is 92.4 Å². The number of allylic oxidation sites excluding steroid dienone is 1. The highest BCUT2D eigenvalue weighted by Gasteiger charge is 2.65. The Morgan fingerprint density at radius 3 is 2.41 bits per heavy atom. The third kappa shape index (κ3) is 10.4. The first-order valence-corrected chi connectivity index (χ1v) is 24.7. The SMILES string of the molecule is C=CCO[C@@]12Oc3ccc(Oc4ccc(SC)cc4)cc3[C@H]3[C@H](CCCCO)[C@@H](CCCCO)C=C(C(=NOC4CCCCO4)C[C@@H]1N(C)S(=O)(=O)c1ccc(NC(C)=O)cc1)[C@H]32. The molecule has 0 bridgehead atoms. The van der Waals surface area contributed by atoms with E-state index in [1.54, 1.807) is 37.0 Å². The summed E-state index contributed by atoms with van der Waals surface area (Å²) in [5.74, 6) is -0.883. The van der Waals surface area contributed by atoms with Gasteiger partial charge in [0.05, 0.1) is 35.8 Å². The van der Waals surface area contributed by atoms with Gasteiger partial charge in [-0.1, -0.05) is 30.1 Å². The normalized spacial score (nSPS) is 25.9. The van der Waals surface area contributed by atoms with Gasteiger partial charge in [-0.05, 0) is 129 Å². The van der Waals surface area contributed by atoms with Gasteiger partial charge in [0.15, 0.2) is 0 Å². The van der Waals surface area contributed by atoms with Crippen molar-refractivity contribution in [1.29, 1.82) is 0 Å². The van der Waals surface area contributed by atoms with Crippen molar-refractivity contribution in [3.8, 4) is 17.2 Å². The molecule has 2 aliphatic heterocycles. The Morgan fingerprint density at radius 2 is 1.75 bits per heavy atom. The Bertz CT molecular complexity index is 2210. The number of anilines is 1. The van der Waals surface area contributed by atoms with E-state index in [4.69, 9.17) is 28.9 Å². The number of hydrogen-bond donors (Lipinski definition) is 3. The number of hydrogen-bond acceptors (Lipinski definition) is 12. The second-order valence-electron chi connectivity index (χ2n) is 16.7. The number of nitrogens with zero attached hydrogens (tertiary/aromatic N) is 2. The van der Waals surface area contributed by atoms with Crippen LogP contribution in [-0.2, 0) is 29.1 Å². The summed E-state index contributed by atoms with van der Waals surface area (Å²) < 4.78 is 57.8. The molecule has 3 N–H and O–H groups in total. The largest absolute Gasteiger partial charge is 0.460 e. The Labute approximate surface area is 375 Å².